The summed E-state index contributed by atoms with van der Waals surface area (Å²) >= 11 is 0. The summed E-state index contributed by atoms with van der Waals surface area (Å²) in [5.41, 5.74) is 1.67. The summed E-state index contributed by atoms with van der Waals surface area (Å²) < 4.78 is 0. The Balaban J connectivity index is -0.000000276. The van der Waals surface area contributed by atoms with Gasteiger partial charge >= 0.3 is 0 Å². The molecule has 4 heteroatoms. The molecule has 1 atom stereocenters. The summed E-state index contributed by atoms with van der Waals surface area (Å²) in [6.45, 7) is 9.56. The van der Waals surface area contributed by atoms with Crippen LogP contribution in [0.4, 0.5) is 0 Å². The Labute approximate surface area is 127 Å². The third kappa shape index (κ3) is 11.8. The van der Waals surface area contributed by atoms with Gasteiger partial charge in [-0.2, -0.15) is 10.5 Å². The first-order valence-electron chi connectivity index (χ1n) is 5.31. The first-order chi connectivity index (χ1) is 7.84. The van der Waals surface area contributed by atoms with E-state index < -0.39 is 0 Å². The van der Waals surface area contributed by atoms with E-state index in [0.29, 0.717) is 0 Å². The molecule has 0 spiro atoms. The predicted molar refractivity (Wildman–Crippen MR) is 77.1 cm³/mol. The number of rotatable bonds is 0. The summed E-state index contributed by atoms with van der Waals surface area (Å²) in [6, 6.07) is 12.0. The van der Waals surface area contributed by atoms with Crippen LogP contribution < -0.4 is 5.30 Å². The third-order valence-corrected chi connectivity index (χ3v) is 2.27. The van der Waals surface area contributed by atoms with Crippen LogP contribution in [-0.2, 0) is 25.8 Å². The summed E-state index contributed by atoms with van der Waals surface area (Å²) in [4.78, 5) is 0. The molecule has 0 aliphatic heterocycles. The molecule has 102 valence electrons. The summed E-state index contributed by atoms with van der Waals surface area (Å²) in [6.07, 6.45) is 0. The Morgan fingerprint density at radius 3 is 1.56 bits per heavy atom. The fraction of sp³-hybridized carbons (Fsp3) is 0.429. The second kappa shape index (κ2) is 12.7. The number of benzene rings is 1. The van der Waals surface area contributed by atoms with Gasteiger partial charge in [0.1, 0.15) is 0 Å². The Morgan fingerprint density at radius 2 is 1.33 bits per heavy atom. The average molecular weight is 355 g/mol. The van der Waals surface area contributed by atoms with Crippen LogP contribution in [0.3, 0.4) is 0 Å². The molecule has 1 aromatic rings. The normalized spacial score (nSPS) is 8.00. The first kappa shape index (κ1) is 22.5. The van der Waals surface area contributed by atoms with Gasteiger partial charge in [0.2, 0.25) is 0 Å². The molecule has 0 bridgehead atoms. The maximum Gasteiger partial charge on any atom is 0.0587 e. The molecule has 0 saturated carbocycles. The second-order valence-corrected chi connectivity index (χ2v) is 4.91. The molecular weight excluding hydrogens is 334 g/mol. The maximum absolute atomic E-state index is 7.32. The van der Waals surface area contributed by atoms with Gasteiger partial charge in [-0.25, -0.2) is 0 Å². The Morgan fingerprint density at radius 1 is 1.00 bits per heavy atom. The van der Waals surface area contributed by atoms with Crippen molar-refractivity contribution in [2.24, 2.45) is 0 Å². The van der Waals surface area contributed by atoms with Crippen molar-refractivity contribution < 1.29 is 20.4 Å². The first-order valence-corrected chi connectivity index (χ1v) is 5.89. The van der Waals surface area contributed by atoms with Crippen LogP contribution >= 0.6 is 9.24 Å². The summed E-state index contributed by atoms with van der Waals surface area (Å²) in [5, 5.41) is 15.9. The molecule has 1 rings (SSSR count). The molecule has 0 aromatic heterocycles. The molecule has 0 N–H and O–H groups in total. The molecule has 1 aromatic carbocycles. The molecule has 0 heterocycles. The van der Waals surface area contributed by atoms with Gasteiger partial charge in [0.15, 0.2) is 0 Å². The molecule has 0 aliphatic carbocycles. The van der Waals surface area contributed by atoms with Crippen molar-refractivity contribution in [2.45, 2.75) is 40.0 Å². The number of nitrogens with zero attached hydrogens (tertiary/aromatic N) is 2. The minimum atomic E-state index is 0. The fourth-order valence-corrected chi connectivity index (χ4v) is 1.82. The average Bonchev–Trinajstić information content (AvgIpc) is 2.19. The van der Waals surface area contributed by atoms with E-state index in [1.165, 1.54) is 24.7 Å². The smallest absolute Gasteiger partial charge is 0.0587 e. The second-order valence-electron chi connectivity index (χ2n) is 4.28. The van der Waals surface area contributed by atoms with Crippen LogP contribution in [0.5, 0.6) is 0 Å². The molecule has 0 aliphatic rings. The molecule has 18 heavy (non-hydrogen) atoms. The number of hydrogen-bond acceptors (Lipinski definition) is 2. The Kier molecular flexibility index (Phi) is 15.9. The van der Waals surface area contributed by atoms with Crippen molar-refractivity contribution in [1.29, 1.82) is 10.5 Å². The van der Waals surface area contributed by atoms with Crippen molar-refractivity contribution in [2.75, 3.05) is 0 Å². The van der Waals surface area contributed by atoms with Crippen LogP contribution in [0.2, 0.25) is 0 Å². The topological polar surface area (TPSA) is 47.6 Å². The van der Waals surface area contributed by atoms with Gasteiger partial charge in [-0.3, -0.25) is 0 Å². The monoisotopic (exact) mass is 354 g/mol. The number of hydrogen-bond donors (Lipinski definition) is 0. The molecule has 0 radical (unpaired) electrons. The van der Waals surface area contributed by atoms with E-state index in [9.17, 15) is 0 Å². The minimum absolute atomic E-state index is 0. The third-order valence-electron chi connectivity index (χ3n) is 1.77. The van der Waals surface area contributed by atoms with Crippen LogP contribution in [0.25, 0.3) is 0 Å². The standard InChI is InChI=1S/C10H15P.2C2H3N.Pd/c1-10(2,3)8-6-4-5-7-9(8)11;2*1-2-3;/h4-7H,11H2,1-3H3;2*1H3;. The van der Waals surface area contributed by atoms with Crippen LogP contribution in [0, 0.1) is 22.7 Å². The zero-order valence-electron chi connectivity index (χ0n) is 11.6. The zero-order valence-corrected chi connectivity index (χ0v) is 14.3. The molecular formula is C14H21N2PPd. The van der Waals surface area contributed by atoms with E-state index in [0.717, 1.165) is 0 Å². The quantitative estimate of drug-likeness (QED) is 0.528. The minimum Gasteiger partial charge on any atom is -0.199 e. The summed E-state index contributed by atoms with van der Waals surface area (Å²) in [5.74, 6) is 0. The Bertz CT molecular complexity index is 385. The van der Waals surface area contributed by atoms with Gasteiger partial charge in [-0.15, -0.1) is 9.24 Å². The van der Waals surface area contributed by atoms with Gasteiger partial charge in [-0.05, 0) is 16.3 Å². The zero-order chi connectivity index (χ0) is 13.9. The van der Waals surface area contributed by atoms with Crippen LogP contribution in [0.15, 0.2) is 24.3 Å². The van der Waals surface area contributed by atoms with Gasteiger partial charge < -0.3 is 0 Å². The van der Waals surface area contributed by atoms with Crippen LogP contribution in [-0.4, -0.2) is 0 Å². The van der Waals surface area contributed by atoms with Crippen LogP contribution in [0.1, 0.15) is 40.2 Å². The van der Waals surface area contributed by atoms with Gasteiger partial charge in [0.25, 0.3) is 0 Å². The molecule has 0 fully saturated rings. The molecule has 0 saturated heterocycles. The van der Waals surface area contributed by atoms with Crippen molar-refractivity contribution in [1.82, 2.24) is 0 Å². The predicted octanol–water partition coefficient (Wildman–Crippen LogP) is 3.54. The van der Waals surface area contributed by atoms with Gasteiger partial charge in [0.05, 0.1) is 12.1 Å². The van der Waals surface area contributed by atoms with Gasteiger partial charge in [-0.1, -0.05) is 45.0 Å². The number of nitriles is 2. The Hall–Kier alpha value is -0.708. The van der Waals surface area contributed by atoms with E-state index in [-0.39, 0.29) is 25.8 Å². The maximum atomic E-state index is 7.32. The van der Waals surface area contributed by atoms with Gasteiger partial charge in [0, 0.05) is 34.3 Å². The molecule has 2 nitrogen and oxygen atoms in total. The molecule has 0 amide bonds. The van der Waals surface area contributed by atoms with E-state index in [1.54, 1.807) is 12.1 Å². The SMILES string of the molecule is CC#N.CC#N.CC(C)(C)c1ccccc1P.[Pd]. The fourth-order valence-electron chi connectivity index (χ4n) is 1.18. The summed E-state index contributed by atoms with van der Waals surface area (Å²) in [7, 11) is 2.77. The van der Waals surface area contributed by atoms with Crippen molar-refractivity contribution in [3.63, 3.8) is 0 Å². The van der Waals surface area contributed by atoms with Crippen molar-refractivity contribution in [3.8, 4) is 12.1 Å². The van der Waals surface area contributed by atoms with Crippen molar-refractivity contribution in [3.05, 3.63) is 29.8 Å². The van der Waals surface area contributed by atoms with E-state index in [4.69, 9.17) is 10.5 Å². The largest absolute Gasteiger partial charge is 0.199 e. The van der Waals surface area contributed by atoms with E-state index in [2.05, 4.69) is 54.3 Å². The van der Waals surface area contributed by atoms with E-state index in [1.807, 2.05) is 0 Å². The van der Waals surface area contributed by atoms with Crippen molar-refractivity contribution >= 4 is 14.5 Å². The van der Waals surface area contributed by atoms with E-state index >= 15 is 0 Å². The molecule has 1 unspecified atom stereocenters.